The predicted molar refractivity (Wildman–Crippen MR) is 69.7 cm³/mol. The van der Waals surface area contributed by atoms with Crippen LogP contribution in [0.4, 0.5) is 5.95 Å². The lowest BCUT2D eigenvalue weighted by Gasteiger charge is -2.25. The largest absolute Gasteiger partial charge is 0.337 e. The average molecular weight is 265 g/mol. The van der Waals surface area contributed by atoms with Gasteiger partial charge in [0.15, 0.2) is 5.82 Å². The van der Waals surface area contributed by atoms with Crippen molar-refractivity contribution in [3.8, 4) is 11.4 Å². The maximum Gasteiger partial charge on any atom is 0.245 e. The van der Waals surface area contributed by atoms with E-state index in [-0.39, 0.29) is 0 Å². The summed E-state index contributed by atoms with van der Waals surface area (Å²) in [5.41, 5.74) is 0.820. The number of piperazine rings is 1. The van der Waals surface area contributed by atoms with Gasteiger partial charge in [-0.05, 0) is 6.07 Å². The average Bonchev–Trinajstić information content (AvgIpc) is 2.90. The lowest BCUT2D eigenvalue weighted by molar-refractivity contribution is 0.580. The minimum Gasteiger partial charge on any atom is -0.337 e. The second-order valence-electron chi connectivity index (χ2n) is 4.08. The number of H-pyrrole nitrogens is 1. The van der Waals surface area contributed by atoms with Crippen molar-refractivity contribution in [2.45, 2.75) is 0 Å². The highest BCUT2D eigenvalue weighted by atomic mass is 35.5. The molecule has 2 aromatic heterocycles. The Labute approximate surface area is 109 Å². The first kappa shape index (κ1) is 11.4. The molecule has 1 saturated heterocycles. The van der Waals surface area contributed by atoms with Gasteiger partial charge < -0.3 is 10.2 Å². The van der Waals surface area contributed by atoms with Gasteiger partial charge in [0, 0.05) is 44.1 Å². The molecule has 0 bridgehead atoms. The Kier molecular flexibility index (Phi) is 3.12. The van der Waals surface area contributed by atoms with Gasteiger partial charge in [-0.15, -0.1) is 5.10 Å². The minimum absolute atomic E-state index is 0.570. The fourth-order valence-electron chi connectivity index (χ4n) is 1.95. The molecule has 1 aliphatic rings. The highest BCUT2D eigenvalue weighted by Gasteiger charge is 2.16. The zero-order valence-corrected chi connectivity index (χ0v) is 10.5. The van der Waals surface area contributed by atoms with Gasteiger partial charge in [0.05, 0.1) is 5.02 Å². The summed E-state index contributed by atoms with van der Waals surface area (Å²) in [5, 5.41) is 11.0. The van der Waals surface area contributed by atoms with Crippen LogP contribution in [0.15, 0.2) is 18.5 Å². The summed E-state index contributed by atoms with van der Waals surface area (Å²) in [6.45, 7) is 3.75. The predicted octanol–water partition coefficient (Wildman–Crippen LogP) is 0.930. The van der Waals surface area contributed by atoms with Crippen LogP contribution >= 0.6 is 11.6 Å². The third kappa shape index (κ3) is 2.16. The minimum atomic E-state index is 0.570. The number of hydrogen-bond donors (Lipinski definition) is 2. The molecule has 0 atom stereocenters. The third-order valence-corrected chi connectivity index (χ3v) is 3.20. The van der Waals surface area contributed by atoms with Gasteiger partial charge in [-0.3, -0.25) is 10.1 Å². The molecule has 2 N–H and O–H groups in total. The molecule has 18 heavy (non-hydrogen) atoms. The number of pyridine rings is 1. The summed E-state index contributed by atoms with van der Waals surface area (Å²) in [6.07, 6.45) is 3.29. The Bertz CT molecular complexity index is 534. The molecule has 1 fully saturated rings. The number of rotatable bonds is 2. The fourth-order valence-corrected chi connectivity index (χ4v) is 2.16. The third-order valence-electron chi connectivity index (χ3n) is 2.90. The summed E-state index contributed by atoms with van der Waals surface area (Å²) >= 11 is 6.08. The molecule has 6 nitrogen and oxygen atoms in total. The molecule has 0 aliphatic carbocycles. The molecule has 3 heterocycles. The second kappa shape index (κ2) is 4.91. The van der Waals surface area contributed by atoms with E-state index in [0.717, 1.165) is 37.7 Å². The molecular weight excluding hydrogens is 252 g/mol. The Morgan fingerprint density at radius 3 is 2.89 bits per heavy atom. The monoisotopic (exact) mass is 264 g/mol. The molecule has 0 radical (unpaired) electrons. The molecule has 94 valence electrons. The smallest absolute Gasteiger partial charge is 0.245 e. The summed E-state index contributed by atoms with van der Waals surface area (Å²) in [5.74, 6) is 1.40. The fraction of sp³-hybridized carbons (Fsp3) is 0.364. The van der Waals surface area contributed by atoms with Gasteiger partial charge in [-0.1, -0.05) is 11.6 Å². The number of aromatic nitrogens is 4. The lowest BCUT2D eigenvalue weighted by Crippen LogP contribution is -2.44. The molecular formula is C11H13ClN6. The van der Waals surface area contributed by atoms with Crippen LogP contribution in [0.2, 0.25) is 5.02 Å². The van der Waals surface area contributed by atoms with E-state index in [0.29, 0.717) is 10.8 Å². The van der Waals surface area contributed by atoms with Crippen molar-refractivity contribution in [1.29, 1.82) is 0 Å². The van der Waals surface area contributed by atoms with Crippen LogP contribution in [0.25, 0.3) is 11.4 Å². The Morgan fingerprint density at radius 2 is 2.11 bits per heavy atom. The van der Waals surface area contributed by atoms with Crippen molar-refractivity contribution in [3.63, 3.8) is 0 Å². The topological polar surface area (TPSA) is 69.7 Å². The van der Waals surface area contributed by atoms with Crippen LogP contribution in [-0.2, 0) is 0 Å². The Balaban J connectivity index is 1.87. The van der Waals surface area contributed by atoms with Crippen LogP contribution in [0, 0.1) is 0 Å². The van der Waals surface area contributed by atoms with Crippen molar-refractivity contribution >= 4 is 17.5 Å². The molecule has 2 aromatic rings. The van der Waals surface area contributed by atoms with Gasteiger partial charge in [0.25, 0.3) is 0 Å². The summed E-state index contributed by atoms with van der Waals surface area (Å²) in [4.78, 5) is 10.6. The highest BCUT2D eigenvalue weighted by molar-refractivity contribution is 6.33. The van der Waals surface area contributed by atoms with Crippen molar-refractivity contribution in [1.82, 2.24) is 25.5 Å². The molecule has 1 aliphatic heterocycles. The normalized spacial score (nSPS) is 15.9. The second-order valence-corrected chi connectivity index (χ2v) is 4.48. The maximum absolute atomic E-state index is 6.08. The van der Waals surface area contributed by atoms with E-state index in [4.69, 9.17) is 11.6 Å². The van der Waals surface area contributed by atoms with E-state index in [9.17, 15) is 0 Å². The van der Waals surface area contributed by atoms with E-state index < -0.39 is 0 Å². The maximum atomic E-state index is 6.08. The number of anilines is 1. The van der Waals surface area contributed by atoms with Crippen LogP contribution in [0.3, 0.4) is 0 Å². The van der Waals surface area contributed by atoms with Gasteiger partial charge in [0.1, 0.15) is 0 Å². The molecule has 0 unspecified atom stereocenters. The van der Waals surface area contributed by atoms with Gasteiger partial charge >= 0.3 is 0 Å². The van der Waals surface area contributed by atoms with Crippen LogP contribution in [-0.4, -0.2) is 46.3 Å². The van der Waals surface area contributed by atoms with Crippen LogP contribution in [0.5, 0.6) is 0 Å². The quantitative estimate of drug-likeness (QED) is 0.845. The number of halogens is 1. The zero-order chi connectivity index (χ0) is 12.4. The van der Waals surface area contributed by atoms with Crippen LogP contribution in [0.1, 0.15) is 0 Å². The van der Waals surface area contributed by atoms with Crippen molar-refractivity contribution < 1.29 is 0 Å². The molecule has 0 spiro atoms. The first-order valence-electron chi connectivity index (χ1n) is 5.82. The summed E-state index contributed by atoms with van der Waals surface area (Å²) < 4.78 is 0. The van der Waals surface area contributed by atoms with E-state index in [1.54, 1.807) is 12.4 Å². The van der Waals surface area contributed by atoms with E-state index in [1.807, 2.05) is 6.07 Å². The highest BCUT2D eigenvalue weighted by Crippen LogP contribution is 2.24. The SMILES string of the molecule is Clc1cnccc1-c1nc(N2CCNCC2)n[nH]1. The van der Waals surface area contributed by atoms with Crippen molar-refractivity contribution in [2.24, 2.45) is 0 Å². The standard InChI is InChI=1S/C11H13ClN6/c12-9-7-14-2-1-8(9)10-15-11(17-16-10)18-5-3-13-4-6-18/h1-2,7,13H,3-6H2,(H,15,16,17). The Morgan fingerprint density at radius 1 is 1.28 bits per heavy atom. The number of aromatic amines is 1. The number of nitrogens with zero attached hydrogens (tertiary/aromatic N) is 4. The Hall–Kier alpha value is -1.66. The first-order chi connectivity index (χ1) is 8.84. The van der Waals surface area contributed by atoms with E-state index in [1.165, 1.54) is 0 Å². The number of hydrogen-bond acceptors (Lipinski definition) is 5. The molecule has 0 saturated carbocycles. The van der Waals surface area contributed by atoms with Crippen molar-refractivity contribution in [3.05, 3.63) is 23.5 Å². The molecule has 3 rings (SSSR count). The van der Waals surface area contributed by atoms with Crippen molar-refractivity contribution in [2.75, 3.05) is 31.1 Å². The summed E-state index contributed by atoms with van der Waals surface area (Å²) in [6, 6.07) is 1.82. The van der Waals surface area contributed by atoms with E-state index >= 15 is 0 Å². The number of nitrogens with one attached hydrogen (secondary N) is 2. The van der Waals surface area contributed by atoms with E-state index in [2.05, 4.69) is 30.4 Å². The zero-order valence-electron chi connectivity index (χ0n) is 9.73. The molecule has 0 aromatic carbocycles. The lowest BCUT2D eigenvalue weighted by atomic mass is 10.2. The molecule has 7 heteroatoms. The summed E-state index contributed by atoms with van der Waals surface area (Å²) in [7, 11) is 0. The first-order valence-corrected chi connectivity index (χ1v) is 6.20. The van der Waals surface area contributed by atoms with Gasteiger partial charge in [0.2, 0.25) is 5.95 Å². The van der Waals surface area contributed by atoms with Crippen LogP contribution < -0.4 is 10.2 Å². The molecule has 0 amide bonds. The van der Waals surface area contributed by atoms with Gasteiger partial charge in [-0.25, -0.2) is 0 Å². The van der Waals surface area contributed by atoms with Gasteiger partial charge in [-0.2, -0.15) is 4.98 Å².